The summed E-state index contributed by atoms with van der Waals surface area (Å²) < 4.78 is 19.7. The molecule has 0 N–H and O–H groups in total. The van der Waals surface area contributed by atoms with E-state index in [1.54, 1.807) is 0 Å². The first-order valence-electron chi connectivity index (χ1n) is 12.7. The molecular weight excluding hydrogens is 512 g/mol. The van der Waals surface area contributed by atoms with Crippen LogP contribution in [0.3, 0.4) is 0 Å². The third kappa shape index (κ3) is 4.35. The van der Waals surface area contributed by atoms with Crippen molar-refractivity contribution in [2.24, 2.45) is 11.8 Å². The summed E-state index contributed by atoms with van der Waals surface area (Å²) >= 11 is 0. The Morgan fingerprint density at radius 3 is 2.15 bits per heavy atom. The molecule has 0 saturated heterocycles. The van der Waals surface area contributed by atoms with Crippen molar-refractivity contribution < 1.29 is 38.1 Å². The van der Waals surface area contributed by atoms with Crippen molar-refractivity contribution >= 4 is 29.5 Å². The predicted molar refractivity (Wildman–Crippen MR) is 146 cm³/mol. The molecule has 0 radical (unpaired) electrons. The van der Waals surface area contributed by atoms with E-state index in [1.165, 1.54) is 28.4 Å². The van der Waals surface area contributed by atoms with Crippen LogP contribution in [0.1, 0.15) is 23.5 Å². The average molecular weight is 541 g/mol. The van der Waals surface area contributed by atoms with E-state index in [-0.39, 0.29) is 23.3 Å². The molecule has 0 fully saturated rings. The fourth-order valence-corrected chi connectivity index (χ4v) is 5.95. The van der Waals surface area contributed by atoms with Crippen LogP contribution in [0.4, 0.5) is 0 Å². The highest BCUT2D eigenvalue weighted by Crippen LogP contribution is 2.56. The SMILES string of the molecule is COC(=O)/C=C(/C(=O)OC)c1cc([C@@H]2C=CC3=C(C=C2)[C@@H]2C(C(=O)OC)=C(C(=O)OC)[C@@H]2C3)c2cccccc1-2. The molecule has 8 nitrogen and oxygen atoms in total. The molecule has 8 heteroatoms. The van der Waals surface area contributed by atoms with Gasteiger partial charge < -0.3 is 18.9 Å². The van der Waals surface area contributed by atoms with Gasteiger partial charge in [-0.1, -0.05) is 54.6 Å². The molecular formula is C32H28O8. The lowest BCUT2D eigenvalue weighted by Gasteiger charge is -2.35. The Morgan fingerprint density at radius 2 is 1.48 bits per heavy atom. The lowest BCUT2D eigenvalue weighted by Crippen LogP contribution is -2.37. The van der Waals surface area contributed by atoms with Gasteiger partial charge in [-0.25, -0.2) is 19.2 Å². The van der Waals surface area contributed by atoms with Crippen LogP contribution in [0.15, 0.2) is 89.1 Å². The highest BCUT2D eigenvalue weighted by Gasteiger charge is 2.52. The van der Waals surface area contributed by atoms with Crippen LogP contribution in [0.5, 0.6) is 0 Å². The average Bonchev–Trinajstić information content (AvgIpc) is 3.22. The molecule has 0 aromatic rings. The first-order valence-corrected chi connectivity index (χ1v) is 12.7. The highest BCUT2D eigenvalue weighted by atomic mass is 16.5. The number of carbonyl (C=O) groups is 4. The van der Waals surface area contributed by atoms with Gasteiger partial charge in [0.1, 0.15) is 0 Å². The van der Waals surface area contributed by atoms with Crippen LogP contribution >= 0.6 is 0 Å². The van der Waals surface area contributed by atoms with E-state index < -0.39 is 23.9 Å². The Labute approximate surface area is 231 Å². The molecule has 0 aliphatic heterocycles. The highest BCUT2D eigenvalue weighted by molar-refractivity contribution is 6.22. The molecule has 40 heavy (non-hydrogen) atoms. The zero-order valence-corrected chi connectivity index (χ0v) is 22.6. The van der Waals surface area contributed by atoms with E-state index >= 15 is 0 Å². The second kappa shape index (κ2) is 10.8. The van der Waals surface area contributed by atoms with Crippen molar-refractivity contribution in [1.82, 2.24) is 0 Å². The smallest absolute Gasteiger partial charge is 0.338 e. The number of hydrogen-bond acceptors (Lipinski definition) is 8. The van der Waals surface area contributed by atoms with Gasteiger partial charge >= 0.3 is 23.9 Å². The second-order valence-corrected chi connectivity index (χ2v) is 9.65. The van der Waals surface area contributed by atoms with Crippen LogP contribution in [-0.2, 0) is 38.1 Å². The van der Waals surface area contributed by atoms with Gasteiger partial charge in [0.05, 0.1) is 45.2 Å². The van der Waals surface area contributed by atoms with E-state index in [1.807, 2.05) is 54.6 Å². The van der Waals surface area contributed by atoms with Crippen molar-refractivity contribution in [2.45, 2.75) is 12.3 Å². The molecule has 0 saturated carbocycles. The van der Waals surface area contributed by atoms with Crippen LogP contribution in [0.2, 0.25) is 0 Å². The largest absolute Gasteiger partial charge is 0.466 e. The Morgan fingerprint density at radius 1 is 0.800 bits per heavy atom. The summed E-state index contributed by atoms with van der Waals surface area (Å²) in [6.45, 7) is 0. The molecule has 0 amide bonds. The number of esters is 4. The molecule has 5 aliphatic rings. The lowest BCUT2D eigenvalue weighted by molar-refractivity contribution is -0.142. The van der Waals surface area contributed by atoms with Gasteiger partial charge in [-0.15, -0.1) is 0 Å². The van der Waals surface area contributed by atoms with Crippen LogP contribution < -0.4 is 0 Å². The fourth-order valence-electron chi connectivity index (χ4n) is 5.95. The van der Waals surface area contributed by atoms with Gasteiger partial charge in [-0.05, 0) is 45.9 Å². The summed E-state index contributed by atoms with van der Waals surface area (Å²) in [5.41, 5.74) is 6.02. The predicted octanol–water partition coefficient (Wildman–Crippen LogP) is 4.32. The molecule has 0 heterocycles. The minimum absolute atomic E-state index is 0.0968. The molecule has 5 aliphatic carbocycles. The van der Waals surface area contributed by atoms with Crippen LogP contribution in [-0.4, -0.2) is 52.3 Å². The minimum Gasteiger partial charge on any atom is -0.466 e. The number of ether oxygens (including phenoxy) is 4. The molecule has 0 aromatic carbocycles. The van der Waals surface area contributed by atoms with E-state index in [0.29, 0.717) is 23.1 Å². The van der Waals surface area contributed by atoms with E-state index in [9.17, 15) is 19.2 Å². The van der Waals surface area contributed by atoms with E-state index in [4.69, 9.17) is 18.9 Å². The monoisotopic (exact) mass is 540 g/mol. The van der Waals surface area contributed by atoms with Crippen molar-refractivity contribution in [2.75, 3.05) is 28.4 Å². The summed E-state index contributed by atoms with van der Waals surface area (Å²) in [6, 6.07) is 11.4. The maximum atomic E-state index is 12.7. The van der Waals surface area contributed by atoms with Crippen molar-refractivity contribution in [3.05, 3.63) is 100 Å². The van der Waals surface area contributed by atoms with Gasteiger partial charge in [0.2, 0.25) is 0 Å². The topological polar surface area (TPSA) is 105 Å². The van der Waals surface area contributed by atoms with E-state index in [2.05, 4.69) is 6.08 Å². The Balaban J connectivity index is 1.56. The first-order chi connectivity index (χ1) is 19.3. The Kier molecular flexibility index (Phi) is 7.26. The number of carbonyl (C=O) groups excluding carboxylic acids is 4. The normalized spacial score (nSPS) is 21.3. The third-order valence-electron chi connectivity index (χ3n) is 7.78. The van der Waals surface area contributed by atoms with Crippen molar-refractivity contribution in [3.63, 3.8) is 0 Å². The van der Waals surface area contributed by atoms with Gasteiger partial charge in [0.25, 0.3) is 0 Å². The number of fused-ring (bicyclic) bond motifs is 3. The summed E-state index contributed by atoms with van der Waals surface area (Å²) in [5.74, 6) is -2.89. The third-order valence-corrected chi connectivity index (χ3v) is 7.78. The van der Waals surface area contributed by atoms with Crippen molar-refractivity contribution in [1.29, 1.82) is 0 Å². The number of allylic oxidation sites excluding steroid dienone is 6. The van der Waals surface area contributed by atoms with Crippen LogP contribution in [0.25, 0.3) is 16.7 Å². The van der Waals surface area contributed by atoms with Gasteiger partial charge in [0, 0.05) is 23.8 Å². The van der Waals surface area contributed by atoms with Gasteiger partial charge in [-0.3, -0.25) is 0 Å². The molecule has 3 atom stereocenters. The second-order valence-electron chi connectivity index (χ2n) is 9.65. The van der Waals surface area contributed by atoms with Crippen molar-refractivity contribution in [3.8, 4) is 11.1 Å². The molecule has 0 unspecified atom stereocenters. The zero-order valence-electron chi connectivity index (χ0n) is 22.6. The van der Waals surface area contributed by atoms with Crippen LogP contribution in [0, 0.1) is 11.8 Å². The molecule has 0 bridgehead atoms. The molecule has 5 rings (SSSR count). The quantitative estimate of drug-likeness (QED) is 0.303. The number of rotatable bonds is 6. The number of methoxy groups -OCH3 is 4. The summed E-state index contributed by atoms with van der Waals surface area (Å²) in [4.78, 5) is 49.9. The summed E-state index contributed by atoms with van der Waals surface area (Å²) in [7, 11) is 5.12. The lowest BCUT2D eigenvalue weighted by atomic mass is 9.67. The number of hydrogen-bond donors (Lipinski definition) is 0. The standard InChI is InChI=1S/C32H28O8/c1-37-26(33)16-24(30(34)38-2)23-15-22(20-8-6-5-7-9-21(20)23)17-10-11-18-14-25-27(19(18)13-12-17)29(32(36)40-4)28(25)31(35)39-3/h5-13,15-17,25,27H,14H2,1-4H3/b24-16+/t17-,25-,27+/m1/s1. The summed E-state index contributed by atoms with van der Waals surface area (Å²) in [6.07, 6.45) is 9.90. The zero-order chi connectivity index (χ0) is 28.6. The Bertz CT molecular complexity index is 1550. The molecule has 0 spiro atoms. The Hall–Kier alpha value is -4.72. The molecule has 0 aromatic heterocycles. The fraction of sp³-hybridized carbons (Fsp3) is 0.250. The maximum Gasteiger partial charge on any atom is 0.338 e. The maximum absolute atomic E-state index is 12.7. The minimum atomic E-state index is -0.665. The van der Waals surface area contributed by atoms with E-state index in [0.717, 1.165) is 33.9 Å². The summed E-state index contributed by atoms with van der Waals surface area (Å²) in [5, 5.41) is 0. The van der Waals surface area contributed by atoms with Gasteiger partial charge in [-0.2, -0.15) is 0 Å². The van der Waals surface area contributed by atoms with Gasteiger partial charge in [0.15, 0.2) is 0 Å². The first kappa shape index (κ1) is 26.9. The molecule has 204 valence electrons.